The number of aliphatic hydroxyl groups excluding tert-OH is 11. The number of amides is 1. The highest BCUT2D eigenvalue weighted by Crippen LogP contribution is 2.32. The summed E-state index contributed by atoms with van der Waals surface area (Å²) < 4.78 is 33.6. The van der Waals surface area contributed by atoms with Gasteiger partial charge in [-0.25, -0.2) is 0 Å². The summed E-state index contributed by atoms with van der Waals surface area (Å²) in [6.45, 7) is 1.30. The summed E-state index contributed by atoms with van der Waals surface area (Å²) in [5.41, 5.74) is 0. The maximum absolute atomic E-state index is 12.6. The van der Waals surface area contributed by atoms with E-state index in [0.717, 1.165) is 38.5 Å². The fourth-order valence-electron chi connectivity index (χ4n) is 6.30. The Bertz CT molecular complexity index is 1070. The molecule has 0 saturated carbocycles. The Morgan fingerprint density at radius 2 is 1.15 bits per heavy atom. The molecule has 3 aliphatic rings. The van der Waals surface area contributed by atoms with Crippen LogP contribution >= 0.6 is 0 Å². The minimum Gasteiger partial charge on any atom is -0.394 e. The van der Waals surface area contributed by atoms with Crippen molar-refractivity contribution in [3.05, 3.63) is 12.2 Å². The van der Waals surface area contributed by atoms with E-state index in [0.29, 0.717) is 6.42 Å². The van der Waals surface area contributed by atoms with E-state index in [-0.39, 0.29) is 18.9 Å². The lowest BCUT2D eigenvalue weighted by Crippen LogP contribution is -2.66. The van der Waals surface area contributed by atoms with Crippen LogP contribution in [0.15, 0.2) is 12.2 Å². The van der Waals surface area contributed by atoms with Crippen LogP contribution in [0.25, 0.3) is 0 Å². The first-order valence-corrected chi connectivity index (χ1v) is 18.4. The molecule has 17 atom stereocenters. The Morgan fingerprint density at radius 1 is 0.660 bits per heavy atom. The second-order valence-corrected chi connectivity index (χ2v) is 13.7. The minimum absolute atomic E-state index is 0.228. The van der Waals surface area contributed by atoms with Gasteiger partial charge in [-0.1, -0.05) is 51.7 Å². The van der Waals surface area contributed by atoms with Crippen molar-refractivity contribution in [2.75, 3.05) is 26.4 Å². The molecular weight excluding hydrogens is 710 g/mol. The van der Waals surface area contributed by atoms with Crippen molar-refractivity contribution in [2.45, 2.75) is 169 Å². The van der Waals surface area contributed by atoms with E-state index < -0.39 is 124 Å². The molecule has 1 amide bonds. The summed E-state index contributed by atoms with van der Waals surface area (Å²) >= 11 is 0. The van der Waals surface area contributed by atoms with E-state index in [9.17, 15) is 61.0 Å². The first-order chi connectivity index (χ1) is 25.3. The van der Waals surface area contributed by atoms with E-state index in [1.807, 2.05) is 6.92 Å². The molecule has 3 fully saturated rings. The number of rotatable bonds is 21. The third-order valence-corrected chi connectivity index (χ3v) is 9.59. The predicted molar refractivity (Wildman–Crippen MR) is 180 cm³/mol. The molecule has 0 aromatic heterocycles. The lowest BCUT2D eigenvalue weighted by Gasteiger charge is -2.48. The Hall–Kier alpha value is -1.47. The van der Waals surface area contributed by atoms with Crippen LogP contribution in [0, 0.1) is 0 Å². The van der Waals surface area contributed by atoms with Gasteiger partial charge in [0.2, 0.25) is 5.91 Å². The zero-order valence-corrected chi connectivity index (χ0v) is 30.2. The summed E-state index contributed by atoms with van der Waals surface area (Å²) in [5, 5.41) is 118. The standard InChI is InChI=1S/C34H61NO18/c1-3-5-7-8-10-11-18(39)17(35-22(40)12-9-6-4-2)16-48-32-28(46)25(43)30(20(14-37)50-32)53-34-29(47)26(44)31(21(15-38)51-34)52-33-27(45)24(42)23(41)19(13-36)49-33/h10-11,17-21,23-34,36-39,41-47H,3-9,12-16H2,1-2H3,(H,35,40)/b11-10+. The van der Waals surface area contributed by atoms with Crippen molar-refractivity contribution in [1.82, 2.24) is 5.32 Å². The highest BCUT2D eigenvalue weighted by molar-refractivity contribution is 5.76. The van der Waals surface area contributed by atoms with E-state index in [1.54, 1.807) is 12.2 Å². The molecule has 17 unspecified atom stereocenters. The number of hydrogen-bond donors (Lipinski definition) is 12. The molecule has 0 spiro atoms. The minimum atomic E-state index is -1.97. The number of nitrogens with one attached hydrogen (secondary N) is 1. The summed E-state index contributed by atoms with van der Waals surface area (Å²) in [7, 11) is 0. The van der Waals surface area contributed by atoms with Gasteiger partial charge in [0.1, 0.15) is 73.2 Å². The lowest BCUT2D eigenvalue weighted by atomic mass is 9.96. The third kappa shape index (κ3) is 12.5. The van der Waals surface area contributed by atoms with Gasteiger partial charge in [-0.15, -0.1) is 0 Å². The number of carbonyl (C=O) groups is 1. The molecule has 0 aromatic rings. The van der Waals surface area contributed by atoms with Crippen molar-refractivity contribution >= 4 is 5.91 Å². The lowest BCUT2D eigenvalue weighted by molar-refractivity contribution is -0.379. The van der Waals surface area contributed by atoms with Crippen LogP contribution in [0.1, 0.15) is 65.2 Å². The Balaban J connectivity index is 1.66. The number of ether oxygens (including phenoxy) is 6. The molecule has 3 aliphatic heterocycles. The molecule has 0 aliphatic carbocycles. The molecular formula is C34H61NO18. The average molecular weight is 772 g/mol. The number of carbonyl (C=O) groups excluding carboxylic acids is 1. The molecule has 53 heavy (non-hydrogen) atoms. The average Bonchev–Trinajstić information content (AvgIpc) is 3.15. The van der Waals surface area contributed by atoms with Crippen molar-refractivity contribution < 1.29 is 89.4 Å². The van der Waals surface area contributed by atoms with Crippen molar-refractivity contribution in [1.29, 1.82) is 0 Å². The van der Waals surface area contributed by atoms with E-state index in [1.165, 1.54) is 0 Å². The smallest absolute Gasteiger partial charge is 0.220 e. The Kier molecular flexibility index (Phi) is 19.9. The molecule has 19 heteroatoms. The maximum atomic E-state index is 12.6. The summed E-state index contributed by atoms with van der Waals surface area (Å²) in [6, 6.07) is -0.957. The Morgan fingerprint density at radius 3 is 1.70 bits per heavy atom. The highest BCUT2D eigenvalue weighted by Gasteiger charge is 2.53. The van der Waals surface area contributed by atoms with Crippen LogP contribution in [0.2, 0.25) is 0 Å². The summed E-state index contributed by atoms with van der Waals surface area (Å²) in [5.74, 6) is -0.312. The molecule has 0 aromatic carbocycles. The molecule has 3 heterocycles. The quantitative estimate of drug-likeness (QED) is 0.0391. The summed E-state index contributed by atoms with van der Waals surface area (Å²) in [4.78, 5) is 12.6. The molecule has 310 valence electrons. The highest BCUT2D eigenvalue weighted by atomic mass is 16.8. The van der Waals surface area contributed by atoms with Gasteiger partial charge in [0.05, 0.1) is 38.6 Å². The zero-order valence-electron chi connectivity index (χ0n) is 30.2. The second kappa shape index (κ2) is 22.9. The van der Waals surface area contributed by atoms with E-state index in [4.69, 9.17) is 28.4 Å². The third-order valence-electron chi connectivity index (χ3n) is 9.59. The van der Waals surface area contributed by atoms with Crippen molar-refractivity contribution in [2.24, 2.45) is 0 Å². The second-order valence-electron chi connectivity index (χ2n) is 13.7. The number of aliphatic hydroxyl groups is 11. The van der Waals surface area contributed by atoms with Crippen molar-refractivity contribution in [3.8, 4) is 0 Å². The monoisotopic (exact) mass is 771 g/mol. The van der Waals surface area contributed by atoms with Gasteiger partial charge in [0.15, 0.2) is 18.9 Å². The molecule has 0 bridgehead atoms. The van der Waals surface area contributed by atoms with Crippen LogP contribution in [0.4, 0.5) is 0 Å². The van der Waals surface area contributed by atoms with Gasteiger partial charge < -0.3 is 89.9 Å². The van der Waals surface area contributed by atoms with Gasteiger partial charge in [-0.05, 0) is 19.3 Å². The Labute approximate surface area is 308 Å². The zero-order chi connectivity index (χ0) is 39.2. The van der Waals surface area contributed by atoms with Crippen LogP contribution in [0.3, 0.4) is 0 Å². The normalized spacial score (nSPS) is 39.2. The maximum Gasteiger partial charge on any atom is 0.220 e. The number of allylic oxidation sites excluding steroid dienone is 1. The van der Waals surface area contributed by atoms with Gasteiger partial charge in [0, 0.05) is 6.42 Å². The largest absolute Gasteiger partial charge is 0.394 e. The number of unbranched alkanes of at least 4 members (excludes halogenated alkanes) is 5. The first kappa shape index (κ1) is 45.9. The summed E-state index contributed by atoms with van der Waals surface area (Å²) in [6.07, 6.45) is -17.0. The molecule has 0 radical (unpaired) electrons. The molecule has 19 nitrogen and oxygen atoms in total. The van der Waals surface area contributed by atoms with Gasteiger partial charge in [-0.3, -0.25) is 4.79 Å². The van der Waals surface area contributed by atoms with Crippen LogP contribution in [-0.4, -0.2) is 193 Å². The first-order valence-electron chi connectivity index (χ1n) is 18.4. The predicted octanol–water partition coefficient (Wildman–Crippen LogP) is -3.99. The van der Waals surface area contributed by atoms with E-state index >= 15 is 0 Å². The molecule has 3 rings (SSSR count). The topological polar surface area (TPSA) is 307 Å². The van der Waals surface area contributed by atoms with E-state index in [2.05, 4.69) is 12.2 Å². The SMILES string of the molecule is CCCCC/C=C/C(O)C(COC1OC(CO)C(OC2OC(CO)C(OC3OC(CO)C(O)C(O)C3O)C(O)C2O)C(O)C1O)NC(=O)CCCCC. The van der Waals surface area contributed by atoms with Gasteiger partial charge >= 0.3 is 0 Å². The van der Waals surface area contributed by atoms with Gasteiger partial charge in [-0.2, -0.15) is 0 Å². The molecule has 12 N–H and O–H groups in total. The van der Waals surface area contributed by atoms with Crippen LogP contribution < -0.4 is 5.32 Å². The van der Waals surface area contributed by atoms with Crippen LogP contribution in [0.5, 0.6) is 0 Å². The van der Waals surface area contributed by atoms with Crippen molar-refractivity contribution in [3.63, 3.8) is 0 Å². The van der Waals surface area contributed by atoms with Gasteiger partial charge in [0.25, 0.3) is 0 Å². The van der Waals surface area contributed by atoms with Crippen LogP contribution in [-0.2, 0) is 33.2 Å². The fraction of sp³-hybridized carbons (Fsp3) is 0.912. The fourth-order valence-corrected chi connectivity index (χ4v) is 6.30. The molecule has 3 saturated heterocycles. The number of hydrogen-bond acceptors (Lipinski definition) is 18.